The Hall–Kier alpha value is -1.84. The monoisotopic (exact) mass is 291 g/mol. The average molecular weight is 291 g/mol. The van der Waals surface area contributed by atoms with Crippen LogP contribution in [0.1, 0.15) is 39.7 Å². The van der Waals surface area contributed by atoms with Crippen LogP contribution in [-0.4, -0.2) is 27.9 Å². The van der Waals surface area contributed by atoms with Crippen molar-refractivity contribution in [3.63, 3.8) is 0 Å². The summed E-state index contributed by atoms with van der Waals surface area (Å²) in [6, 6.07) is 8.66. The van der Waals surface area contributed by atoms with E-state index in [1.165, 1.54) is 4.90 Å². The summed E-state index contributed by atoms with van der Waals surface area (Å²) in [5.74, 6) is -1.02. The van der Waals surface area contributed by atoms with Gasteiger partial charge < -0.3 is 10.0 Å². The number of rotatable bonds is 7. The Morgan fingerprint density at radius 3 is 2.19 bits per heavy atom. The van der Waals surface area contributed by atoms with E-state index >= 15 is 0 Å². The molecule has 0 saturated carbocycles. The summed E-state index contributed by atoms with van der Waals surface area (Å²) >= 11 is 0. The van der Waals surface area contributed by atoms with Crippen LogP contribution in [0, 0.1) is 11.8 Å². The molecule has 0 aliphatic heterocycles. The van der Waals surface area contributed by atoms with Crippen molar-refractivity contribution in [2.24, 2.45) is 11.8 Å². The van der Waals surface area contributed by atoms with E-state index in [0.717, 1.165) is 12.0 Å². The molecule has 0 aliphatic rings. The molecule has 0 fully saturated rings. The van der Waals surface area contributed by atoms with Crippen LogP contribution in [0.5, 0.6) is 0 Å². The molecule has 1 aromatic rings. The van der Waals surface area contributed by atoms with Gasteiger partial charge in [0.25, 0.3) is 0 Å². The molecular weight excluding hydrogens is 266 g/mol. The third-order valence-corrected chi connectivity index (χ3v) is 4.19. The smallest absolute Gasteiger partial charge is 0.326 e. The minimum atomic E-state index is -0.976. The summed E-state index contributed by atoms with van der Waals surface area (Å²) in [4.78, 5) is 25.4. The molecule has 0 aliphatic carbocycles. The van der Waals surface area contributed by atoms with Gasteiger partial charge in [0.05, 0.1) is 0 Å². The van der Waals surface area contributed by atoms with E-state index in [-0.39, 0.29) is 17.7 Å². The molecule has 0 saturated heterocycles. The number of amides is 1. The maximum Gasteiger partial charge on any atom is 0.326 e. The van der Waals surface area contributed by atoms with E-state index in [9.17, 15) is 14.7 Å². The number of carboxylic acid groups (broad SMARTS) is 1. The summed E-state index contributed by atoms with van der Waals surface area (Å²) in [6.07, 6.45) is 0.896. The summed E-state index contributed by atoms with van der Waals surface area (Å²) in [6.45, 7) is 7.83. The van der Waals surface area contributed by atoms with Crippen LogP contribution >= 0.6 is 0 Å². The normalized spacial score (nSPS) is 15.0. The number of benzene rings is 1. The van der Waals surface area contributed by atoms with Crippen molar-refractivity contribution in [3.8, 4) is 0 Å². The zero-order valence-corrected chi connectivity index (χ0v) is 13.2. The second-order valence-electron chi connectivity index (χ2n) is 5.64. The first-order valence-electron chi connectivity index (χ1n) is 7.45. The highest BCUT2D eigenvalue weighted by Crippen LogP contribution is 2.20. The first kappa shape index (κ1) is 17.2. The van der Waals surface area contributed by atoms with Crippen LogP contribution in [0.15, 0.2) is 30.3 Å². The second kappa shape index (κ2) is 7.81. The fourth-order valence-corrected chi connectivity index (χ4v) is 2.18. The van der Waals surface area contributed by atoms with Crippen molar-refractivity contribution < 1.29 is 14.7 Å². The maximum absolute atomic E-state index is 12.7. The highest BCUT2D eigenvalue weighted by atomic mass is 16.4. The van der Waals surface area contributed by atoms with Gasteiger partial charge in [0, 0.05) is 12.5 Å². The number of carbonyl (C=O) groups is 2. The van der Waals surface area contributed by atoms with Gasteiger partial charge in [-0.1, -0.05) is 57.5 Å². The van der Waals surface area contributed by atoms with Crippen molar-refractivity contribution in [3.05, 3.63) is 35.9 Å². The predicted molar refractivity (Wildman–Crippen MR) is 82.7 cm³/mol. The molecule has 4 heteroatoms. The Balaban J connectivity index is 2.97. The van der Waals surface area contributed by atoms with E-state index in [1.54, 1.807) is 6.92 Å². The van der Waals surface area contributed by atoms with Crippen LogP contribution in [0.3, 0.4) is 0 Å². The van der Waals surface area contributed by atoms with Gasteiger partial charge in [-0.2, -0.15) is 0 Å². The second-order valence-corrected chi connectivity index (χ2v) is 5.64. The Morgan fingerprint density at radius 2 is 1.71 bits per heavy atom. The molecular formula is C17H25NO3. The lowest BCUT2D eigenvalue weighted by Gasteiger charge is -2.31. The number of carbonyl (C=O) groups excluding carboxylic acids is 1. The largest absolute Gasteiger partial charge is 0.480 e. The van der Waals surface area contributed by atoms with Crippen LogP contribution in [0.25, 0.3) is 0 Å². The zero-order chi connectivity index (χ0) is 16.0. The molecule has 1 N–H and O–H groups in total. The van der Waals surface area contributed by atoms with E-state index in [4.69, 9.17) is 0 Å². The number of aliphatic carboxylic acids is 1. The first-order valence-corrected chi connectivity index (χ1v) is 7.45. The molecule has 1 amide bonds. The molecule has 1 rings (SSSR count). The highest BCUT2D eigenvalue weighted by molar-refractivity contribution is 5.84. The lowest BCUT2D eigenvalue weighted by atomic mass is 9.91. The Morgan fingerprint density at radius 1 is 1.14 bits per heavy atom. The molecule has 3 unspecified atom stereocenters. The summed E-state index contributed by atoms with van der Waals surface area (Å²) in [5, 5.41) is 9.26. The first-order chi connectivity index (χ1) is 9.88. The quantitative estimate of drug-likeness (QED) is 0.839. The third-order valence-electron chi connectivity index (χ3n) is 4.19. The van der Waals surface area contributed by atoms with Gasteiger partial charge in [-0.05, 0) is 18.4 Å². The van der Waals surface area contributed by atoms with Crippen molar-refractivity contribution in [1.82, 2.24) is 4.90 Å². The van der Waals surface area contributed by atoms with Gasteiger partial charge in [-0.15, -0.1) is 0 Å². The van der Waals surface area contributed by atoms with Gasteiger partial charge >= 0.3 is 5.97 Å². The summed E-state index contributed by atoms with van der Waals surface area (Å²) < 4.78 is 0. The van der Waals surface area contributed by atoms with Crippen molar-refractivity contribution in [2.75, 3.05) is 0 Å². The van der Waals surface area contributed by atoms with Crippen LogP contribution in [-0.2, 0) is 16.1 Å². The van der Waals surface area contributed by atoms with Crippen LogP contribution < -0.4 is 0 Å². The Kier molecular flexibility index (Phi) is 6.40. The number of hydrogen-bond donors (Lipinski definition) is 1. The standard InChI is InChI=1S/C17H25NO3/c1-5-12(2)13(3)16(19)18(14(4)17(20)21)11-15-9-7-6-8-10-15/h6-10,12-14H,5,11H2,1-4H3,(H,20,21). The lowest BCUT2D eigenvalue weighted by Crippen LogP contribution is -2.46. The number of carboxylic acids is 1. The molecule has 116 valence electrons. The van der Waals surface area contributed by atoms with Crippen molar-refractivity contribution in [2.45, 2.75) is 46.7 Å². The summed E-state index contributed by atoms with van der Waals surface area (Å²) in [7, 11) is 0. The number of hydrogen-bond acceptors (Lipinski definition) is 2. The molecule has 0 bridgehead atoms. The molecule has 0 heterocycles. The minimum absolute atomic E-state index is 0.0943. The third kappa shape index (κ3) is 4.59. The molecule has 0 spiro atoms. The van der Waals surface area contributed by atoms with Gasteiger partial charge in [0.2, 0.25) is 5.91 Å². The maximum atomic E-state index is 12.7. The predicted octanol–water partition coefficient (Wildman–Crippen LogP) is 3.17. The SMILES string of the molecule is CCC(C)C(C)C(=O)N(Cc1ccccc1)C(C)C(=O)O. The van der Waals surface area contributed by atoms with Crippen molar-refractivity contribution in [1.29, 1.82) is 0 Å². The highest BCUT2D eigenvalue weighted by Gasteiger charge is 2.30. The van der Waals surface area contributed by atoms with E-state index in [2.05, 4.69) is 0 Å². The molecule has 0 radical (unpaired) electrons. The molecule has 3 atom stereocenters. The van der Waals surface area contributed by atoms with Crippen LogP contribution in [0.2, 0.25) is 0 Å². The average Bonchev–Trinajstić information content (AvgIpc) is 2.50. The molecule has 21 heavy (non-hydrogen) atoms. The fourth-order valence-electron chi connectivity index (χ4n) is 2.18. The molecule has 1 aromatic carbocycles. The van der Waals surface area contributed by atoms with E-state index < -0.39 is 12.0 Å². The zero-order valence-electron chi connectivity index (χ0n) is 13.2. The van der Waals surface area contributed by atoms with Gasteiger partial charge in [-0.3, -0.25) is 4.79 Å². The van der Waals surface area contributed by atoms with Gasteiger partial charge in [0.15, 0.2) is 0 Å². The van der Waals surface area contributed by atoms with Gasteiger partial charge in [0.1, 0.15) is 6.04 Å². The van der Waals surface area contributed by atoms with Crippen LogP contribution in [0.4, 0.5) is 0 Å². The topological polar surface area (TPSA) is 57.6 Å². The van der Waals surface area contributed by atoms with E-state index in [1.807, 2.05) is 51.1 Å². The Labute approximate surface area is 126 Å². The number of nitrogens with zero attached hydrogens (tertiary/aromatic N) is 1. The van der Waals surface area contributed by atoms with E-state index in [0.29, 0.717) is 6.54 Å². The molecule has 0 aromatic heterocycles. The summed E-state index contributed by atoms with van der Waals surface area (Å²) in [5.41, 5.74) is 0.940. The van der Waals surface area contributed by atoms with Gasteiger partial charge in [-0.25, -0.2) is 4.79 Å². The minimum Gasteiger partial charge on any atom is -0.480 e. The Bertz CT molecular complexity index is 472. The fraction of sp³-hybridized carbons (Fsp3) is 0.529. The lowest BCUT2D eigenvalue weighted by molar-refractivity contribution is -0.152. The molecule has 4 nitrogen and oxygen atoms in total. The van der Waals surface area contributed by atoms with Crippen molar-refractivity contribution >= 4 is 11.9 Å².